The van der Waals surface area contributed by atoms with Crippen LogP contribution in [-0.4, -0.2) is 5.43 Å². The summed E-state index contributed by atoms with van der Waals surface area (Å²) in [5, 5.41) is 9.76. The van der Waals surface area contributed by atoms with Crippen molar-refractivity contribution < 1.29 is 23.3 Å². The molecule has 0 radical (unpaired) electrons. The van der Waals surface area contributed by atoms with Crippen LogP contribution in [0.2, 0.25) is 10.0 Å². The first-order valence-electron chi connectivity index (χ1n) is 15.9. The van der Waals surface area contributed by atoms with Crippen LogP contribution in [0.25, 0.3) is 43.8 Å². The summed E-state index contributed by atoms with van der Waals surface area (Å²) in [4.78, 5) is 0. The summed E-state index contributed by atoms with van der Waals surface area (Å²) in [6.07, 6.45) is 0. The standard InChI is InChI=1S/2C16H13.C12H8Cl2Si.Zr/c2*1-12-10-14-8-5-9-15(16(14)11-12)13-6-3-2-4-7-13;13-9-1-5-11(6-2-9)15-12-7-3-10(14)4-8-12;/h2*2-11H,1H3;1-8H;/q2*-1;;+2. The number of hydrogen-bond donors (Lipinski definition) is 0. The van der Waals surface area contributed by atoms with E-state index in [1.54, 1.807) is 23.3 Å². The topological polar surface area (TPSA) is 0 Å². The van der Waals surface area contributed by atoms with Gasteiger partial charge in [0, 0.05) is 0 Å². The van der Waals surface area contributed by atoms with Crippen molar-refractivity contribution in [1.29, 1.82) is 0 Å². The van der Waals surface area contributed by atoms with Crippen molar-refractivity contribution in [1.82, 2.24) is 0 Å². The third-order valence-corrected chi connectivity index (χ3v) is 14.8. The monoisotopic (exact) mass is 750 g/mol. The Morgan fingerprint density at radius 3 is 1.21 bits per heavy atom. The molecule has 8 aromatic carbocycles. The van der Waals surface area contributed by atoms with Crippen molar-refractivity contribution in [3.05, 3.63) is 191 Å². The summed E-state index contributed by atoms with van der Waals surface area (Å²) in [7, 11) is 0. The molecular weight excluding hydrogens is 719 g/mol. The van der Waals surface area contributed by atoms with Gasteiger partial charge in [-0.3, -0.25) is 0 Å². The van der Waals surface area contributed by atoms with Crippen LogP contribution in [0, 0.1) is 13.8 Å². The van der Waals surface area contributed by atoms with E-state index in [1.807, 2.05) is 24.3 Å². The molecule has 0 atom stereocenters. The Kier molecular flexibility index (Phi) is 11.4. The molecule has 8 rings (SSSR count). The van der Waals surface area contributed by atoms with E-state index in [9.17, 15) is 0 Å². The number of fused-ring (bicyclic) bond motifs is 2. The van der Waals surface area contributed by atoms with E-state index in [0.717, 1.165) is 10.0 Å². The summed E-state index contributed by atoms with van der Waals surface area (Å²) in [5.74, 6) is 0. The average molecular weight is 753 g/mol. The molecule has 0 aromatic heterocycles. The summed E-state index contributed by atoms with van der Waals surface area (Å²) < 4.78 is 0. The Hall–Kier alpha value is -3.78. The van der Waals surface area contributed by atoms with Gasteiger partial charge in [0.1, 0.15) is 0 Å². The van der Waals surface area contributed by atoms with Crippen molar-refractivity contribution in [2.24, 2.45) is 0 Å². The van der Waals surface area contributed by atoms with E-state index < -0.39 is 5.43 Å². The molecule has 0 unspecified atom stereocenters. The fraction of sp³-hybridized carbons (Fsp3) is 0.0455. The van der Waals surface area contributed by atoms with E-state index in [2.05, 4.69) is 159 Å². The molecule has 0 saturated heterocycles. The summed E-state index contributed by atoms with van der Waals surface area (Å²) in [6, 6.07) is 59.4. The zero-order chi connectivity index (χ0) is 33.5. The molecule has 0 fully saturated rings. The molecule has 232 valence electrons. The van der Waals surface area contributed by atoms with Crippen molar-refractivity contribution in [3.63, 3.8) is 0 Å². The Balaban J connectivity index is 0.000000125. The van der Waals surface area contributed by atoms with Gasteiger partial charge < -0.3 is 0 Å². The van der Waals surface area contributed by atoms with Gasteiger partial charge in [-0.2, -0.15) is 12.1 Å². The van der Waals surface area contributed by atoms with Crippen molar-refractivity contribution in [2.45, 2.75) is 13.8 Å². The Bertz CT molecular complexity index is 2100. The predicted octanol–water partition coefficient (Wildman–Crippen LogP) is 11.7. The van der Waals surface area contributed by atoms with Gasteiger partial charge in [-0.15, -0.1) is 69.1 Å². The predicted molar refractivity (Wildman–Crippen MR) is 207 cm³/mol. The fourth-order valence-electron chi connectivity index (χ4n) is 5.91. The van der Waals surface area contributed by atoms with Gasteiger partial charge in [0.2, 0.25) is 0 Å². The van der Waals surface area contributed by atoms with E-state index in [0.29, 0.717) is 0 Å². The van der Waals surface area contributed by atoms with Gasteiger partial charge in [-0.25, -0.2) is 0 Å². The second-order valence-electron chi connectivity index (χ2n) is 11.8. The van der Waals surface area contributed by atoms with Crippen LogP contribution in [0.5, 0.6) is 0 Å². The molecule has 0 N–H and O–H groups in total. The second kappa shape index (κ2) is 16.1. The Morgan fingerprint density at radius 2 is 0.833 bits per heavy atom. The minimum atomic E-state index is -0.605. The molecule has 8 aromatic rings. The van der Waals surface area contributed by atoms with Crippen molar-refractivity contribution in [2.75, 3.05) is 0 Å². The molecule has 0 aliphatic carbocycles. The number of aryl methyl sites for hydroxylation is 2. The van der Waals surface area contributed by atoms with Crippen LogP contribution >= 0.6 is 23.2 Å². The quantitative estimate of drug-likeness (QED) is 0.124. The zero-order valence-corrected chi connectivity index (χ0v) is 31.9. The third kappa shape index (κ3) is 8.43. The number of halogens is 2. The average Bonchev–Trinajstić information content (AvgIpc) is 3.70. The molecular formula is C44H34Cl2SiZr. The second-order valence-corrected chi connectivity index (χ2v) is 18.3. The normalized spacial score (nSPS) is 10.6. The fourth-order valence-corrected chi connectivity index (χ4v) is 9.95. The summed E-state index contributed by atoms with van der Waals surface area (Å²) >= 11 is 13.3. The first-order chi connectivity index (χ1) is 23.4. The third-order valence-electron chi connectivity index (χ3n) is 8.23. The molecule has 48 heavy (non-hydrogen) atoms. The van der Waals surface area contributed by atoms with Gasteiger partial charge in [-0.1, -0.05) is 97.8 Å². The molecule has 0 aliphatic rings. The minimum absolute atomic E-state index is 0.605. The summed E-state index contributed by atoms with van der Waals surface area (Å²) in [6.45, 7) is 4.30. The molecule has 0 heterocycles. The zero-order valence-electron chi connectivity index (χ0n) is 26.9. The maximum absolute atomic E-state index is 5.88. The van der Waals surface area contributed by atoms with Crippen LogP contribution < -0.4 is 10.4 Å². The number of hydrogen-bond acceptors (Lipinski definition) is 0. The molecule has 0 nitrogen and oxygen atoms in total. The first kappa shape index (κ1) is 34.1. The van der Waals surface area contributed by atoms with E-state index >= 15 is 0 Å². The Labute approximate surface area is 308 Å². The van der Waals surface area contributed by atoms with Gasteiger partial charge in [0.15, 0.2) is 0 Å². The molecule has 0 aliphatic heterocycles. The molecule has 0 bridgehead atoms. The van der Waals surface area contributed by atoms with E-state index in [-0.39, 0.29) is 0 Å². The number of rotatable bonds is 4. The van der Waals surface area contributed by atoms with E-state index in [4.69, 9.17) is 23.2 Å². The molecule has 0 amide bonds. The van der Waals surface area contributed by atoms with Crippen molar-refractivity contribution >= 4 is 60.6 Å². The molecule has 0 spiro atoms. The maximum atomic E-state index is 5.88. The van der Waals surface area contributed by atoms with Gasteiger partial charge >= 0.3 is 121 Å². The Morgan fingerprint density at radius 1 is 0.458 bits per heavy atom. The molecule has 4 heteroatoms. The van der Waals surface area contributed by atoms with Crippen LogP contribution in [-0.2, 0) is 23.3 Å². The van der Waals surface area contributed by atoms with Crippen LogP contribution in [0.4, 0.5) is 0 Å². The summed E-state index contributed by atoms with van der Waals surface area (Å²) in [5.41, 5.74) is 7.29. The van der Waals surface area contributed by atoms with Gasteiger partial charge in [0.25, 0.3) is 0 Å². The van der Waals surface area contributed by atoms with Crippen molar-refractivity contribution in [3.8, 4) is 22.3 Å². The van der Waals surface area contributed by atoms with Crippen LogP contribution in [0.15, 0.2) is 170 Å². The van der Waals surface area contributed by atoms with Gasteiger partial charge in [0.05, 0.1) is 0 Å². The van der Waals surface area contributed by atoms with E-state index in [1.165, 1.54) is 65.3 Å². The first-order valence-corrected chi connectivity index (χ1v) is 21.8. The SMILES string of the molecule is Cc1cc2c(-c3ccccc3)cccc2[cH-]1.Cc1cc2c(-c3ccccc3)cccc2[cH-]1.Clc1ccc([Si](=[Zr+2])c2ccc(Cl)cc2)cc1. The molecule has 0 saturated carbocycles. The number of benzene rings is 6. The van der Waals surface area contributed by atoms with Crippen LogP contribution in [0.1, 0.15) is 11.1 Å². The van der Waals surface area contributed by atoms with Crippen LogP contribution in [0.3, 0.4) is 0 Å². The van der Waals surface area contributed by atoms with Gasteiger partial charge in [-0.05, 0) is 11.1 Å².